The van der Waals surface area contributed by atoms with Crippen molar-refractivity contribution in [2.75, 3.05) is 26.4 Å². The van der Waals surface area contributed by atoms with Crippen LogP contribution in [0.1, 0.15) is 20.8 Å². The highest BCUT2D eigenvalue weighted by molar-refractivity contribution is 5.65. The second-order valence-corrected chi connectivity index (χ2v) is 2.54. The van der Waals surface area contributed by atoms with Gasteiger partial charge in [-0.3, -0.25) is 4.79 Å². The van der Waals surface area contributed by atoms with Gasteiger partial charge >= 0.3 is 5.97 Å². The molecule has 13 heavy (non-hydrogen) atoms. The third kappa shape index (κ3) is 11.4. The zero-order chi connectivity index (χ0) is 10.1. The number of epoxide rings is 1. The van der Waals surface area contributed by atoms with E-state index in [0.717, 1.165) is 19.8 Å². The minimum Gasteiger partial charge on any atom is -0.466 e. The molecule has 0 aromatic carbocycles. The average Bonchev–Trinajstić information content (AvgIpc) is 2.85. The van der Waals surface area contributed by atoms with Crippen LogP contribution in [0, 0.1) is 0 Å². The Hall–Kier alpha value is -0.610. The van der Waals surface area contributed by atoms with Gasteiger partial charge in [0.05, 0.1) is 19.8 Å². The van der Waals surface area contributed by atoms with Crippen molar-refractivity contribution in [2.45, 2.75) is 26.9 Å². The molecule has 1 fully saturated rings. The fourth-order valence-electron chi connectivity index (χ4n) is 0.617. The third-order valence-corrected chi connectivity index (χ3v) is 1.26. The highest BCUT2D eigenvalue weighted by Crippen LogP contribution is 2.07. The van der Waals surface area contributed by atoms with Gasteiger partial charge in [-0.2, -0.15) is 0 Å². The fourth-order valence-corrected chi connectivity index (χ4v) is 0.617. The van der Waals surface area contributed by atoms with E-state index in [1.54, 1.807) is 6.92 Å². The van der Waals surface area contributed by atoms with E-state index < -0.39 is 0 Å². The molecule has 1 unspecified atom stereocenters. The lowest BCUT2D eigenvalue weighted by Crippen LogP contribution is -1.99. The standard InChI is InChI=1S/C5H10O2.C4H8O2/c1-2-6-3-5-4-7-5;1-3-6-4(2)5/h5H,2-4H2,1H3;3H2,1-2H3. The van der Waals surface area contributed by atoms with Gasteiger partial charge in [0.25, 0.3) is 0 Å². The molecule has 78 valence electrons. The van der Waals surface area contributed by atoms with Crippen LogP contribution in [-0.4, -0.2) is 38.5 Å². The number of carbonyl (C=O) groups excluding carboxylic acids is 1. The first-order valence-corrected chi connectivity index (χ1v) is 4.53. The zero-order valence-corrected chi connectivity index (χ0v) is 8.54. The summed E-state index contributed by atoms with van der Waals surface area (Å²) in [5, 5.41) is 0. The van der Waals surface area contributed by atoms with Gasteiger partial charge in [0.15, 0.2) is 0 Å². The monoisotopic (exact) mass is 190 g/mol. The molecule has 4 heteroatoms. The maximum atomic E-state index is 9.82. The lowest BCUT2D eigenvalue weighted by Gasteiger charge is -1.91. The predicted molar refractivity (Wildman–Crippen MR) is 48.5 cm³/mol. The van der Waals surface area contributed by atoms with Crippen molar-refractivity contribution in [3.63, 3.8) is 0 Å². The molecule has 1 atom stereocenters. The molecule has 0 saturated carbocycles. The minimum atomic E-state index is -0.211. The van der Waals surface area contributed by atoms with Gasteiger partial charge in [0.1, 0.15) is 6.10 Å². The third-order valence-electron chi connectivity index (χ3n) is 1.26. The van der Waals surface area contributed by atoms with Crippen LogP contribution in [0.2, 0.25) is 0 Å². The Bertz CT molecular complexity index is 132. The van der Waals surface area contributed by atoms with Crippen molar-refractivity contribution < 1.29 is 19.0 Å². The van der Waals surface area contributed by atoms with Crippen LogP contribution in [0.3, 0.4) is 0 Å². The Kier molecular flexibility index (Phi) is 7.63. The van der Waals surface area contributed by atoms with Crippen molar-refractivity contribution in [3.8, 4) is 0 Å². The maximum Gasteiger partial charge on any atom is 0.302 e. The SMILES string of the molecule is CCOC(C)=O.CCOCC1CO1. The molecule has 1 aliphatic heterocycles. The topological polar surface area (TPSA) is 48.1 Å². The van der Waals surface area contributed by atoms with Gasteiger partial charge in [-0.1, -0.05) is 0 Å². The number of hydrogen-bond acceptors (Lipinski definition) is 4. The minimum absolute atomic E-state index is 0.211. The molecule has 0 aromatic rings. The van der Waals surface area contributed by atoms with Gasteiger partial charge in [-0.25, -0.2) is 0 Å². The summed E-state index contributed by atoms with van der Waals surface area (Å²) in [6, 6.07) is 0. The van der Waals surface area contributed by atoms with E-state index in [9.17, 15) is 4.79 Å². The first kappa shape index (κ1) is 12.4. The van der Waals surface area contributed by atoms with Crippen molar-refractivity contribution >= 4 is 5.97 Å². The van der Waals surface area contributed by atoms with Gasteiger partial charge in [0.2, 0.25) is 0 Å². The van der Waals surface area contributed by atoms with Crippen molar-refractivity contribution in [3.05, 3.63) is 0 Å². The molecule has 4 nitrogen and oxygen atoms in total. The van der Waals surface area contributed by atoms with Gasteiger partial charge in [-0.05, 0) is 13.8 Å². The molecule has 1 rings (SSSR count). The molecule has 1 aliphatic rings. The maximum absolute atomic E-state index is 9.82. The summed E-state index contributed by atoms with van der Waals surface area (Å²) in [5.41, 5.74) is 0. The van der Waals surface area contributed by atoms with Crippen LogP contribution < -0.4 is 0 Å². The predicted octanol–water partition coefficient (Wildman–Crippen LogP) is 0.991. The molecular weight excluding hydrogens is 172 g/mol. The summed E-state index contributed by atoms with van der Waals surface area (Å²) < 4.78 is 14.3. The highest BCUT2D eigenvalue weighted by atomic mass is 16.6. The van der Waals surface area contributed by atoms with Crippen LogP contribution in [-0.2, 0) is 19.0 Å². The largest absolute Gasteiger partial charge is 0.466 e. The Morgan fingerprint density at radius 1 is 1.46 bits per heavy atom. The summed E-state index contributed by atoms with van der Waals surface area (Å²) in [4.78, 5) is 9.82. The summed E-state index contributed by atoms with van der Waals surface area (Å²) in [6.07, 6.45) is 0.431. The molecule has 0 aromatic heterocycles. The molecule has 0 spiro atoms. The summed E-state index contributed by atoms with van der Waals surface area (Å²) in [7, 11) is 0. The smallest absolute Gasteiger partial charge is 0.302 e. The zero-order valence-electron chi connectivity index (χ0n) is 8.54. The molecule has 0 bridgehead atoms. The average molecular weight is 190 g/mol. The van der Waals surface area contributed by atoms with Gasteiger partial charge < -0.3 is 14.2 Å². The van der Waals surface area contributed by atoms with Crippen LogP contribution in [0.5, 0.6) is 0 Å². The normalized spacial score (nSPS) is 18.5. The Labute approximate surface area is 79.2 Å². The van der Waals surface area contributed by atoms with Crippen LogP contribution >= 0.6 is 0 Å². The Morgan fingerprint density at radius 3 is 2.31 bits per heavy atom. The van der Waals surface area contributed by atoms with E-state index in [1.807, 2.05) is 6.92 Å². The fraction of sp³-hybridized carbons (Fsp3) is 0.889. The second kappa shape index (κ2) is 8.01. The van der Waals surface area contributed by atoms with Gasteiger partial charge in [-0.15, -0.1) is 0 Å². The van der Waals surface area contributed by atoms with Crippen molar-refractivity contribution in [1.82, 2.24) is 0 Å². The van der Waals surface area contributed by atoms with E-state index in [1.165, 1.54) is 6.92 Å². The second-order valence-electron chi connectivity index (χ2n) is 2.54. The number of hydrogen-bond donors (Lipinski definition) is 0. The number of esters is 1. The molecule has 1 saturated heterocycles. The van der Waals surface area contributed by atoms with Crippen molar-refractivity contribution in [2.24, 2.45) is 0 Å². The lowest BCUT2D eigenvalue weighted by atomic mass is 10.5. The molecule has 0 N–H and O–H groups in total. The highest BCUT2D eigenvalue weighted by Gasteiger charge is 2.21. The number of rotatable bonds is 4. The van der Waals surface area contributed by atoms with Gasteiger partial charge in [0, 0.05) is 13.5 Å². The molecule has 0 aliphatic carbocycles. The molecule has 1 heterocycles. The Morgan fingerprint density at radius 2 is 2.08 bits per heavy atom. The molecule has 0 amide bonds. The summed E-state index contributed by atoms with van der Waals surface area (Å²) in [5.74, 6) is -0.211. The van der Waals surface area contributed by atoms with E-state index in [4.69, 9.17) is 9.47 Å². The quantitative estimate of drug-likeness (QED) is 0.490. The summed E-state index contributed by atoms with van der Waals surface area (Å²) >= 11 is 0. The number of ether oxygens (including phenoxy) is 3. The van der Waals surface area contributed by atoms with E-state index in [2.05, 4.69) is 4.74 Å². The van der Waals surface area contributed by atoms with E-state index in [-0.39, 0.29) is 5.97 Å². The van der Waals surface area contributed by atoms with Crippen LogP contribution in [0.4, 0.5) is 0 Å². The first-order valence-electron chi connectivity index (χ1n) is 4.53. The molecular formula is C9H18O4. The van der Waals surface area contributed by atoms with E-state index in [0.29, 0.717) is 12.7 Å². The van der Waals surface area contributed by atoms with Crippen molar-refractivity contribution in [1.29, 1.82) is 0 Å². The van der Waals surface area contributed by atoms with Crippen LogP contribution in [0.15, 0.2) is 0 Å². The lowest BCUT2D eigenvalue weighted by molar-refractivity contribution is -0.140. The summed E-state index contributed by atoms with van der Waals surface area (Å²) in [6.45, 7) is 8.14. The van der Waals surface area contributed by atoms with E-state index >= 15 is 0 Å². The molecule has 0 radical (unpaired) electrons. The Balaban J connectivity index is 0.000000226. The number of carbonyl (C=O) groups is 1. The first-order chi connectivity index (χ1) is 6.20. The van der Waals surface area contributed by atoms with Crippen LogP contribution in [0.25, 0.3) is 0 Å².